The summed E-state index contributed by atoms with van der Waals surface area (Å²) >= 11 is 3.45. The van der Waals surface area contributed by atoms with Crippen molar-refractivity contribution in [3.05, 3.63) is 63.6 Å². The van der Waals surface area contributed by atoms with Crippen LogP contribution < -0.4 is 5.32 Å². The largest absolute Gasteiger partial charge is 0.508 e. The van der Waals surface area contributed by atoms with Crippen LogP contribution >= 0.6 is 15.9 Å². The molecule has 2 aromatic rings. The van der Waals surface area contributed by atoms with Gasteiger partial charge in [0.2, 0.25) is 0 Å². The molecule has 2 aromatic carbocycles. The van der Waals surface area contributed by atoms with Crippen LogP contribution in [0.2, 0.25) is 0 Å². The number of hydrogen-bond donors (Lipinski definition) is 4. The predicted molar refractivity (Wildman–Crippen MR) is 125 cm³/mol. The van der Waals surface area contributed by atoms with E-state index < -0.39 is 6.10 Å². The summed E-state index contributed by atoms with van der Waals surface area (Å²) in [6.45, 7) is 3.59. The molecule has 172 valence electrons. The lowest BCUT2D eigenvalue weighted by Crippen LogP contribution is -2.22. The topological polar surface area (TPSA) is 91.2 Å². The van der Waals surface area contributed by atoms with E-state index in [0.717, 1.165) is 48.9 Å². The number of aliphatic hydroxyl groups is 2. The van der Waals surface area contributed by atoms with Crippen molar-refractivity contribution in [1.82, 2.24) is 5.32 Å². The molecule has 0 saturated carbocycles. The van der Waals surface area contributed by atoms with Gasteiger partial charge in [0.05, 0.1) is 32.5 Å². The summed E-state index contributed by atoms with van der Waals surface area (Å²) in [5, 5.41) is 32.2. The van der Waals surface area contributed by atoms with E-state index in [1.807, 2.05) is 18.2 Å². The van der Waals surface area contributed by atoms with Crippen LogP contribution in [0, 0.1) is 0 Å². The Balaban J connectivity index is 1.39. The van der Waals surface area contributed by atoms with Crippen LogP contribution in [0.25, 0.3) is 0 Å². The molecule has 0 heterocycles. The molecule has 0 spiro atoms. The van der Waals surface area contributed by atoms with Gasteiger partial charge >= 0.3 is 0 Å². The number of hydrogen-bond acceptors (Lipinski definition) is 6. The lowest BCUT2D eigenvalue weighted by molar-refractivity contribution is 0.0392. The monoisotopic (exact) mass is 495 g/mol. The van der Waals surface area contributed by atoms with E-state index in [-0.39, 0.29) is 12.4 Å². The first-order chi connectivity index (χ1) is 15.1. The third-order valence-corrected chi connectivity index (χ3v) is 5.41. The first kappa shape index (κ1) is 25.8. The fourth-order valence-electron chi connectivity index (χ4n) is 3.14. The molecule has 31 heavy (non-hydrogen) atoms. The standard InChI is InChI=1S/C24H34BrNO5/c25-22-7-5-6-19(14-22)18-31-13-12-30-11-4-2-1-3-10-26-16-24(29)20-8-9-23(28)21(15-20)17-27/h5-9,14-15,24,26-29H,1-4,10-13,16-18H2/t24-/m0/s1. The molecule has 0 fully saturated rings. The second kappa shape index (κ2) is 15.3. The van der Waals surface area contributed by atoms with Gasteiger partial charge in [0.15, 0.2) is 0 Å². The van der Waals surface area contributed by atoms with Gasteiger partial charge in [-0.25, -0.2) is 0 Å². The average Bonchev–Trinajstić information content (AvgIpc) is 2.77. The summed E-state index contributed by atoms with van der Waals surface area (Å²) in [4.78, 5) is 0. The molecule has 0 unspecified atom stereocenters. The molecule has 7 heteroatoms. The van der Waals surface area contributed by atoms with E-state index in [1.54, 1.807) is 12.1 Å². The van der Waals surface area contributed by atoms with Crippen molar-refractivity contribution in [3.8, 4) is 5.75 Å². The van der Waals surface area contributed by atoms with Crippen LogP contribution in [-0.2, 0) is 22.7 Å². The van der Waals surface area contributed by atoms with Crippen LogP contribution in [0.5, 0.6) is 5.75 Å². The number of aliphatic hydroxyl groups excluding tert-OH is 2. The second-order valence-corrected chi connectivity index (χ2v) is 8.39. The summed E-state index contributed by atoms with van der Waals surface area (Å²) in [5.74, 6) is 0.0449. The Hall–Kier alpha value is -1.48. The zero-order valence-electron chi connectivity index (χ0n) is 17.9. The van der Waals surface area contributed by atoms with Crippen LogP contribution in [0.3, 0.4) is 0 Å². The third-order valence-electron chi connectivity index (χ3n) is 4.92. The third kappa shape index (κ3) is 10.6. The van der Waals surface area contributed by atoms with Crippen molar-refractivity contribution in [2.24, 2.45) is 0 Å². The summed E-state index contributed by atoms with van der Waals surface area (Å²) in [7, 11) is 0. The summed E-state index contributed by atoms with van der Waals surface area (Å²) in [5.41, 5.74) is 2.26. The molecule has 4 N–H and O–H groups in total. The number of aromatic hydroxyl groups is 1. The van der Waals surface area contributed by atoms with E-state index in [1.165, 1.54) is 6.07 Å². The van der Waals surface area contributed by atoms with E-state index in [0.29, 0.717) is 37.5 Å². The fraction of sp³-hybridized carbons (Fsp3) is 0.500. The Morgan fingerprint density at radius 2 is 1.74 bits per heavy atom. The molecule has 0 bridgehead atoms. The zero-order valence-corrected chi connectivity index (χ0v) is 19.5. The van der Waals surface area contributed by atoms with Gasteiger partial charge in [0, 0.05) is 23.2 Å². The second-order valence-electron chi connectivity index (χ2n) is 7.48. The maximum absolute atomic E-state index is 10.2. The molecule has 0 aliphatic carbocycles. The molecule has 0 aliphatic rings. The SMILES string of the molecule is OCc1cc([C@@H](O)CNCCCCCCOCCOCc2cccc(Br)c2)ccc1O. The number of phenols is 1. The van der Waals surface area contributed by atoms with Gasteiger partial charge in [0.25, 0.3) is 0 Å². The molecule has 0 aromatic heterocycles. The van der Waals surface area contributed by atoms with Crippen molar-refractivity contribution < 1.29 is 24.8 Å². The molecule has 0 amide bonds. The summed E-state index contributed by atoms with van der Waals surface area (Å²) < 4.78 is 12.3. The minimum Gasteiger partial charge on any atom is -0.508 e. The van der Waals surface area contributed by atoms with E-state index in [4.69, 9.17) is 9.47 Å². The molecule has 0 radical (unpaired) electrons. The van der Waals surface area contributed by atoms with Gasteiger partial charge in [-0.2, -0.15) is 0 Å². The van der Waals surface area contributed by atoms with Crippen LogP contribution in [-0.4, -0.2) is 48.2 Å². The highest BCUT2D eigenvalue weighted by Crippen LogP contribution is 2.22. The molecule has 6 nitrogen and oxygen atoms in total. The van der Waals surface area contributed by atoms with Gasteiger partial charge < -0.3 is 30.1 Å². The molecule has 0 saturated heterocycles. The Kier molecular flexibility index (Phi) is 12.8. The fourth-order valence-corrected chi connectivity index (χ4v) is 3.59. The van der Waals surface area contributed by atoms with E-state index in [9.17, 15) is 15.3 Å². The number of halogens is 1. The number of benzene rings is 2. The molecular formula is C24H34BrNO5. The van der Waals surface area contributed by atoms with E-state index >= 15 is 0 Å². The Bertz CT molecular complexity index is 758. The predicted octanol–water partition coefficient (Wildman–Crippen LogP) is 4.06. The van der Waals surface area contributed by atoms with Gasteiger partial charge in [-0.3, -0.25) is 0 Å². The van der Waals surface area contributed by atoms with Gasteiger partial charge in [-0.05, 0) is 54.8 Å². The summed E-state index contributed by atoms with van der Waals surface area (Å²) in [6.07, 6.45) is 3.64. The van der Waals surface area contributed by atoms with Crippen molar-refractivity contribution in [3.63, 3.8) is 0 Å². The van der Waals surface area contributed by atoms with Crippen molar-refractivity contribution in [2.45, 2.75) is 45.0 Å². The lowest BCUT2D eigenvalue weighted by atomic mass is 10.1. The smallest absolute Gasteiger partial charge is 0.121 e. The molecule has 1 atom stereocenters. The maximum atomic E-state index is 10.2. The average molecular weight is 496 g/mol. The number of ether oxygens (including phenoxy) is 2. The van der Waals surface area contributed by atoms with Gasteiger partial charge in [0.1, 0.15) is 5.75 Å². The minimum absolute atomic E-state index is 0.0449. The minimum atomic E-state index is -0.662. The Morgan fingerprint density at radius 1 is 0.935 bits per heavy atom. The number of unbranched alkanes of at least 4 members (excludes halogenated alkanes) is 3. The van der Waals surface area contributed by atoms with Gasteiger partial charge in [-0.15, -0.1) is 0 Å². The van der Waals surface area contributed by atoms with E-state index in [2.05, 4.69) is 27.3 Å². The molecule has 2 rings (SSSR count). The maximum Gasteiger partial charge on any atom is 0.121 e. The van der Waals surface area contributed by atoms with Gasteiger partial charge in [-0.1, -0.05) is 47.0 Å². The zero-order chi connectivity index (χ0) is 22.3. The number of nitrogens with one attached hydrogen (secondary N) is 1. The van der Waals surface area contributed by atoms with Crippen LogP contribution in [0.4, 0.5) is 0 Å². The Morgan fingerprint density at radius 3 is 2.55 bits per heavy atom. The highest BCUT2D eigenvalue weighted by molar-refractivity contribution is 9.10. The first-order valence-electron chi connectivity index (χ1n) is 10.8. The quantitative estimate of drug-likeness (QED) is 0.262. The molecule has 0 aliphatic heterocycles. The normalized spacial score (nSPS) is 12.2. The Labute approximate surface area is 193 Å². The molecular weight excluding hydrogens is 462 g/mol. The van der Waals surface area contributed by atoms with Crippen molar-refractivity contribution >= 4 is 15.9 Å². The number of rotatable bonds is 16. The highest BCUT2D eigenvalue weighted by atomic mass is 79.9. The van der Waals surface area contributed by atoms with Crippen LogP contribution in [0.1, 0.15) is 48.5 Å². The summed E-state index contributed by atoms with van der Waals surface area (Å²) in [6, 6.07) is 12.9. The first-order valence-corrected chi connectivity index (χ1v) is 11.6. The van der Waals surface area contributed by atoms with Crippen LogP contribution in [0.15, 0.2) is 46.9 Å². The van der Waals surface area contributed by atoms with Crippen molar-refractivity contribution in [1.29, 1.82) is 0 Å². The van der Waals surface area contributed by atoms with Crippen molar-refractivity contribution in [2.75, 3.05) is 32.9 Å². The highest BCUT2D eigenvalue weighted by Gasteiger charge is 2.09. The lowest BCUT2D eigenvalue weighted by Gasteiger charge is -2.14.